The van der Waals surface area contributed by atoms with Crippen molar-refractivity contribution in [1.29, 1.82) is 5.26 Å². The number of fused-ring (bicyclic) bond motifs is 1. The van der Waals surface area contributed by atoms with Crippen molar-refractivity contribution in [2.75, 3.05) is 29.4 Å². The molecule has 29 heavy (non-hydrogen) atoms. The average Bonchev–Trinajstić information content (AvgIpc) is 3.06. The highest BCUT2D eigenvalue weighted by Crippen LogP contribution is 2.55. The predicted molar refractivity (Wildman–Crippen MR) is 96.2 cm³/mol. The number of carboxylic acid groups (broad SMARTS) is 1. The number of pyridine rings is 1. The first kappa shape index (κ1) is 19.8. The minimum Gasteiger partial charge on any atom is -0.481 e. The maximum Gasteiger partial charge on any atom is 0.303 e. The highest BCUT2D eigenvalue weighted by atomic mass is 19.3. The minimum absolute atomic E-state index is 0.0160. The molecule has 0 unspecified atom stereocenters. The van der Waals surface area contributed by atoms with E-state index in [1.165, 1.54) is 4.90 Å². The summed E-state index contributed by atoms with van der Waals surface area (Å²) in [5.74, 6) is -5.85. The fraction of sp³-hybridized carbons (Fsp3) is 0.632. The molecule has 2 aliphatic heterocycles. The molecule has 0 amide bonds. The molecule has 0 aromatic carbocycles. The van der Waals surface area contributed by atoms with E-state index >= 15 is 4.39 Å². The Morgan fingerprint density at radius 3 is 2.38 bits per heavy atom. The lowest BCUT2D eigenvalue weighted by Crippen LogP contribution is -2.59. The first-order valence-electron chi connectivity index (χ1n) is 9.48. The van der Waals surface area contributed by atoms with Crippen molar-refractivity contribution in [1.82, 2.24) is 4.98 Å². The molecule has 5 atom stereocenters. The van der Waals surface area contributed by atoms with Crippen LogP contribution in [-0.2, 0) is 10.7 Å². The zero-order valence-electron chi connectivity index (χ0n) is 15.9. The lowest BCUT2D eigenvalue weighted by atomic mass is 9.97. The summed E-state index contributed by atoms with van der Waals surface area (Å²) < 4.78 is 43.7. The van der Waals surface area contributed by atoms with E-state index in [9.17, 15) is 23.9 Å². The van der Waals surface area contributed by atoms with Crippen LogP contribution in [0.5, 0.6) is 0 Å². The van der Waals surface area contributed by atoms with Gasteiger partial charge in [-0.1, -0.05) is 0 Å². The normalized spacial score (nSPS) is 30.6. The van der Waals surface area contributed by atoms with E-state index in [1.54, 1.807) is 17.9 Å². The standard InChI is InChI=1S/C19H21F3N4O3/c1-8-13(27)7-26(8)17-10(4-23)15(19(2,21)22)16(20)18(24-17)25-5-11-9(3-14(28)29)12(11)6-25/h8-9,11-13,27H,3,5-7H2,1-2H3,(H,28,29)/t8-,9-,11-,12+,13+/m0/s1. The number of aliphatic hydroxyl groups excluding tert-OH is 1. The summed E-state index contributed by atoms with van der Waals surface area (Å²) in [5.41, 5.74) is -1.51. The van der Waals surface area contributed by atoms with Crippen LogP contribution in [0.25, 0.3) is 0 Å². The number of hydrogen-bond donors (Lipinski definition) is 2. The summed E-state index contributed by atoms with van der Waals surface area (Å²) >= 11 is 0. The van der Waals surface area contributed by atoms with Crippen molar-refractivity contribution >= 4 is 17.6 Å². The monoisotopic (exact) mass is 410 g/mol. The molecule has 156 valence electrons. The molecule has 3 aliphatic rings. The molecule has 1 saturated carbocycles. The topological polar surface area (TPSA) is 101 Å². The third kappa shape index (κ3) is 3.08. The summed E-state index contributed by atoms with van der Waals surface area (Å²) in [5, 5.41) is 28.2. The largest absolute Gasteiger partial charge is 0.481 e. The number of aliphatic hydroxyl groups is 1. The van der Waals surface area contributed by atoms with Crippen molar-refractivity contribution in [3.8, 4) is 6.07 Å². The Balaban J connectivity index is 1.72. The smallest absolute Gasteiger partial charge is 0.303 e. The van der Waals surface area contributed by atoms with Crippen molar-refractivity contribution in [2.45, 2.75) is 38.3 Å². The van der Waals surface area contributed by atoms with E-state index in [0.29, 0.717) is 20.0 Å². The molecule has 3 heterocycles. The Bertz CT molecular complexity index is 901. The fourth-order valence-electron chi connectivity index (χ4n) is 4.67. The summed E-state index contributed by atoms with van der Waals surface area (Å²) in [6, 6.07) is 1.24. The lowest BCUT2D eigenvalue weighted by molar-refractivity contribution is -0.137. The number of hydrogen-bond acceptors (Lipinski definition) is 6. The highest BCUT2D eigenvalue weighted by molar-refractivity contribution is 5.69. The van der Waals surface area contributed by atoms with E-state index in [2.05, 4.69) is 4.98 Å². The van der Waals surface area contributed by atoms with Gasteiger partial charge in [0.05, 0.1) is 17.7 Å². The number of carbonyl (C=O) groups is 1. The molecule has 0 radical (unpaired) electrons. The van der Waals surface area contributed by atoms with Gasteiger partial charge < -0.3 is 20.0 Å². The molecule has 3 fully saturated rings. The van der Waals surface area contributed by atoms with Gasteiger partial charge >= 0.3 is 5.97 Å². The molecule has 0 bridgehead atoms. The number of halogens is 3. The van der Waals surface area contributed by atoms with Gasteiger partial charge in [0.2, 0.25) is 0 Å². The molecule has 2 saturated heterocycles. The maximum absolute atomic E-state index is 15.2. The van der Waals surface area contributed by atoms with Gasteiger partial charge in [0.1, 0.15) is 17.5 Å². The third-order valence-corrected chi connectivity index (χ3v) is 6.44. The SMILES string of the molecule is C[C@H]1[C@H](O)CN1c1nc(N2C[C@@H]3[C@@H](CC(=O)O)[C@@H]3C2)c(F)c(C(C)(F)F)c1C#N. The number of rotatable bonds is 5. The van der Waals surface area contributed by atoms with E-state index in [0.717, 1.165) is 0 Å². The van der Waals surface area contributed by atoms with Crippen LogP contribution in [-0.4, -0.2) is 52.9 Å². The number of nitriles is 1. The summed E-state index contributed by atoms with van der Waals surface area (Å²) in [7, 11) is 0. The van der Waals surface area contributed by atoms with Crippen LogP contribution in [0.4, 0.5) is 24.8 Å². The number of carboxylic acids is 1. The zero-order chi connectivity index (χ0) is 21.2. The molecule has 7 nitrogen and oxygen atoms in total. The van der Waals surface area contributed by atoms with Crippen LogP contribution < -0.4 is 9.80 Å². The quantitative estimate of drug-likeness (QED) is 0.765. The van der Waals surface area contributed by atoms with Crippen LogP contribution >= 0.6 is 0 Å². The van der Waals surface area contributed by atoms with Gasteiger partial charge in [0.15, 0.2) is 11.6 Å². The summed E-state index contributed by atoms with van der Waals surface area (Å²) in [4.78, 5) is 18.2. The molecule has 2 N–H and O–H groups in total. The third-order valence-electron chi connectivity index (χ3n) is 6.44. The van der Waals surface area contributed by atoms with Crippen LogP contribution in [0, 0.1) is 34.9 Å². The van der Waals surface area contributed by atoms with Crippen molar-refractivity contribution in [3.63, 3.8) is 0 Å². The number of anilines is 2. The molecule has 1 aromatic rings. The van der Waals surface area contributed by atoms with Crippen LogP contribution in [0.1, 0.15) is 31.4 Å². The van der Waals surface area contributed by atoms with Crippen LogP contribution in [0.15, 0.2) is 0 Å². The number of aliphatic carboxylic acids is 1. The maximum atomic E-state index is 15.2. The zero-order valence-corrected chi connectivity index (χ0v) is 15.9. The number of nitrogens with zero attached hydrogens (tertiary/aromatic N) is 4. The second kappa shape index (κ2) is 6.49. The molecular weight excluding hydrogens is 389 g/mol. The van der Waals surface area contributed by atoms with Gasteiger partial charge in [-0.25, -0.2) is 18.2 Å². The van der Waals surface area contributed by atoms with Gasteiger partial charge in [0.25, 0.3) is 5.92 Å². The van der Waals surface area contributed by atoms with Gasteiger partial charge in [-0.15, -0.1) is 0 Å². The van der Waals surface area contributed by atoms with E-state index < -0.39 is 41.0 Å². The van der Waals surface area contributed by atoms with Gasteiger partial charge in [-0.05, 0) is 24.7 Å². The Labute approximate surface area is 165 Å². The van der Waals surface area contributed by atoms with Crippen LogP contribution in [0.2, 0.25) is 0 Å². The van der Waals surface area contributed by atoms with E-state index in [-0.39, 0.29) is 42.4 Å². The van der Waals surface area contributed by atoms with Gasteiger partial charge in [-0.2, -0.15) is 5.26 Å². The number of piperidine rings is 1. The van der Waals surface area contributed by atoms with Crippen molar-refractivity contribution < 1.29 is 28.2 Å². The Morgan fingerprint density at radius 2 is 1.93 bits per heavy atom. The number of β-amino-alcohol motifs (C(OH)–C–C–N with tert-alkyl or cyclic N) is 1. The summed E-state index contributed by atoms with van der Waals surface area (Å²) in [6.45, 7) is 3.01. The summed E-state index contributed by atoms with van der Waals surface area (Å²) in [6.07, 6.45) is -0.641. The number of alkyl halides is 2. The Morgan fingerprint density at radius 1 is 1.31 bits per heavy atom. The van der Waals surface area contributed by atoms with Gasteiger partial charge in [-0.3, -0.25) is 4.79 Å². The first-order valence-corrected chi connectivity index (χ1v) is 9.48. The molecule has 0 spiro atoms. The first-order chi connectivity index (χ1) is 13.5. The van der Waals surface area contributed by atoms with E-state index in [1.807, 2.05) is 0 Å². The highest BCUT2D eigenvalue weighted by Gasteiger charge is 2.57. The van der Waals surface area contributed by atoms with Crippen LogP contribution in [0.3, 0.4) is 0 Å². The molecule has 4 rings (SSSR count). The fourth-order valence-corrected chi connectivity index (χ4v) is 4.67. The average molecular weight is 410 g/mol. The Kier molecular flexibility index (Phi) is 4.42. The van der Waals surface area contributed by atoms with Gasteiger partial charge in [0, 0.05) is 33.0 Å². The Hall–Kier alpha value is -2.54. The molecule has 1 aliphatic carbocycles. The van der Waals surface area contributed by atoms with Crippen molar-refractivity contribution in [2.24, 2.45) is 17.8 Å². The second-order valence-electron chi connectivity index (χ2n) is 8.28. The predicted octanol–water partition coefficient (Wildman–Crippen LogP) is 1.93. The van der Waals surface area contributed by atoms with Crippen molar-refractivity contribution in [3.05, 3.63) is 16.9 Å². The number of aromatic nitrogens is 1. The second-order valence-corrected chi connectivity index (χ2v) is 8.28. The minimum atomic E-state index is -3.59. The van der Waals surface area contributed by atoms with E-state index in [4.69, 9.17) is 5.11 Å². The lowest BCUT2D eigenvalue weighted by Gasteiger charge is -2.45. The molecular formula is C19H21F3N4O3. The molecule has 1 aromatic heterocycles. The molecule has 10 heteroatoms.